The van der Waals surface area contributed by atoms with Crippen LogP contribution >= 0.6 is 0 Å². The van der Waals surface area contributed by atoms with E-state index in [0.717, 1.165) is 11.1 Å². The van der Waals surface area contributed by atoms with Crippen molar-refractivity contribution in [2.24, 2.45) is 0 Å². The summed E-state index contributed by atoms with van der Waals surface area (Å²) in [7, 11) is 0. The number of hydrogen-bond acceptors (Lipinski definition) is 1. The SMILES string of the molecule is C#CCn1cc(-c2ccccc2)cn1. The van der Waals surface area contributed by atoms with Crippen molar-refractivity contribution in [1.29, 1.82) is 0 Å². The first-order chi connectivity index (χ1) is 6.90. The van der Waals surface area contributed by atoms with E-state index in [1.165, 1.54) is 0 Å². The molecular weight excluding hydrogens is 172 g/mol. The second-order valence-corrected chi connectivity index (χ2v) is 3.00. The van der Waals surface area contributed by atoms with Crippen LogP contribution in [0.2, 0.25) is 0 Å². The minimum absolute atomic E-state index is 0.521. The van der Waals surface area contributed by atoms with Crippen molar-refractivity contribution in [3.63, 3.8) is 0 Å². The molecule has 0 spiro atoms. The number of aromatic nitrogens is 2. The molecule has 0 radical (unpaired) electrons. The van der Waals surface area contributed by atoms with E-state index in [4.69, 9.17) is 6.42 Å². The van der Waals surface area contributed by atoms with Crippen LogP contribution in [0.25, 0.3) is 11.1 Å². The summed E-state index contributed by atoms with van der Waals surface area (Å²) in [5.74, 6) is 2.55. The highest BCUT2D eigenvalue weighted by atomic mass is 15.3. The van der Waals surface area contributed by atoms with Gasteiger partial charge in [0.2, 0.25) is 0 Å². The number of terminal acetylenes is 1. The molecular formula is C12H10N2. The molecule has 1 heterocycles. The zero-order chi connectivity index (χ0) is 9.80. The minimum Gasteiger partial charge on any atom is -0.260 e. The van der Waals surface area contributed by atoms with E-state index in [2.05, 4.69) is 23.2 Å². The van der Waals surface area contributed by atoms with Crippen molar-refractivity contribution in [3.8, 4) is 23.5 Å². The Hall–Kier alpha value is -2.01. The molecule has 0 atom stereocenters. The number of nitrogens with zero attached hydrogens (tertiary/aromatic N) is 2. The Balaban J connectivity index is 2.31. The van der Waals surface area contributed by atoms with Gasteiger partial charge in [0, 0.05) is 11.8 Å². The van der Waals surface area contributed by atoms with Crippen LogP contribution in [0, 0.1) is 12.3 Å². The highest BCUT2D eigenvalue weighted by Crippen LogP contribution is 2.17. The maximum atomic E-state index is 5.20. The van der Waals surface area contributed by atoms with E-state index < -0.39 is 0 Å². The predicted octanol–water partition coefficient (Wildman–Crippen LogP) is 2.18. The Morgan fingerprint density at radius 3 is 2.71 bits per heavy atom. The highest BCUT2D eigenvalue weighted by molar-refractivity contribution is 5.61. The van der Waals surface area contributed by atoms with Gasteiger partial charge in [0.15, 0.2) is 0 Å². The maximum Gasteiger partial charge on any atom is 0.101 e. The standard InChI is InChI=1S/C12H10N2/c1-2-8-14-10-12(9-13-14)11-6-4-3-5-7-11/h1,3-7,9-10H,8H2. The molecule has 1 aromatic carbocycles. The van der Waals surface area contributed by atoms with Crippen LogP contribution in [-0.2, 0) is 6.54 Å². The van der Waals surface area contributed by atoms with Crippen LogP contribution in [0.1, 0.15) is 0 Å². The van der Waals surface area contributed by atoms with Crippen LogP contribution in [0.4, 0.5) is 0 Å². The molecule has 2 rings (SSSR count). The van der Waals surface area contributed by atoms with Gasteiger partial charge in [-0.2, -0.15) is 5.10 Å². The van der Waals surface area contributed by atoms with Gasteiger partial charge < -0.3 is 0 Å². The van der Waals surface area contributed by atoms with Crippen molar-refractivity contribution in [3.05, 3.63) is 42.7 Å². The van der Waals surface area contributed by atoms with Gasteiger partial charge in [-0.1, -0.05) is 36.3 Å². The fourth-order valence-electron chi connectivity index (χ4n) is 1.32. The molecule has 0 bridgehead atoms. The molecule has 14 heavy (non-hydrogen) atoms. The topological polar surface area (TPSA) is 17.8 Å². The summed E-state index contributed by atoms with van der Waals surface area (Å²) in [4.78, 5) is 0. The van der Waals surface area contributed by atoms with Gasteiger partial charge in [-0.15, -0.1) is 6.42 Å². The lowest BCUT2D eigenvalue weighted by atomic mass is 10.1. The van der Waals surface area contributed by atoms with Crippen molar-refractivity contribution in [2.75, 3.05) is 0 Å². The summed E-state index contributed by atoms with van der Waals surface area (Å²) in [6, 6.07) is 10.1. The third-order valence-corrected chi connectivity index (χ3v) is 1.99. The first kappa shape index (κ1) is 8.58. The maximum absolute atomic E-state index is 5.20. The van der Waals surface area contributed by atoms with Gasteiger partial charge in [-0.3, -0.25) is 4.68 Å². The fraction of sp³-hybridized carbons (Fsp3) is 0.0833. The van der Waals surface area contributed by atoms with Gasteiger partial charge in [0.25, 0.3) is 0 Å². The lowest BCUT2D eigenvalue weighted by Gasteiger charge is -1.94. The zero-order valence-electron chi connectivity index (χ0n) is 7.72. The molecule has 0 N–H and O–H groups in total. The number of rotatable bonds is 2. The summed E-state index contributed by atoms with van der Waals surface area (Å²) >= 11 is 0. The molecule has 0 unspecified atom stereocenters. The normalized spacial score (nSPS) is 9.64. The summed E-state index contributed by atoms with van der Waals surface area (Å²) in [6.07, 6.45) is 8.98. The van der Waals surface area contributed by atoms with E-state index in [1.807, 2.05) is 30.6 Å². The molecule has 0 aliphatic carbocycles. The van der Waals surface area contributed by atoms with Crippen molar-refractivity contribution < 1.29 is 0 Å². The van der Waals surface area contributed by atoms with E-state index in [-0.39, 0.29) is 0 Å². The second kappa shape index (κ2) is 3.80. The third-order valence-electron chi connectivity index (χ3n) is 1.99. The lowest BCUT2D eigenvalue weighted by Crippen LogP contribution is -1.93. The smallest absolute Gasteiger partial charge is 0.101 e. The Labute approximate surface area is 83.2 Å². The van der Waals surface area contributed by atoms with Crippen LogP contribution in [0.3, 0.4) is 0 Å². The average molecular weight is 182 g/mol. The summed E-state index contributed by atoms with van der Waals surface area (Å²) < 4.78 is 1.75. The molecule has 2 heteroatoms. The third kappa shape index (κ3) is 1.67. The zero-order valence-corrected chi connectivity index (χ0v) is 7.72. The molecule has 68 valence electrons. The molecule has 1 aromatic heterocycles. The van der Waals surface area contributed by atoms with Crippen molar-refractivity contribution in [2.45, 2.75) is 6.54 Å². The first-order valence-corrected chi connectivity index (χ1v) is 4.41. The molecule has 0 amide bonds. The fourth-order valence-corrected chi connectivity index (χ4v) is 1.32. The summed E-state index contributed by atoms with van der Waals surface area (Å²) in [6.45, 7) is 0.521. The molecule has 0 saturated heterocycles. The van der Waals surface area contributed by atoms with Gasteiger partial charge >= 0.3 is 0 Å². The number of hydrogen-bond donors (Lipinski definition) is 0. The quantitative estimate of drug-likeness (QED) is 0.651. The van der Waals surface area contributed by atoms with Gasteiger partial charge in [-0.25, -0.2) is 0 Å². The molecule has 0 aliphatic rings. The Morgan fingerprint density at radius 2 is 2.00 bits per heavy atom. The van der Waals surface area contributed by atoms with E-state index >= 15 is 0 Å². The molecule has 2 nitrogen and oxygen atoms in total. The summed E-state index contributed by atoms with van der Waals surface area (Å²) in [5, 5.41) is 4.16. The largest absolute Gasteiger partial charge is 0.260 e. The Bertz CT molecular complexity index is 449. The Kier molecular flexibility index (Phi) is 2.33. The molecule has 0 fully saturated rings. The minimum atomic E-state index is 0.521. The monoisotopic (exact) mass is 182 g/mol. The van der Waals surface area contributed by atoms with Crippen LogP contribution < -0.4 is 0 Å². The molecule has 0 saturated carbocycles. The lowest BCUT2D eigenvalue weighted by molar-refractivity contribution is 0.716. The van der Waals surface area contributed by atoms with Gasteiger partial charge in [-0.05, 0) is 5.56 Å². The van der Waals surface area contributed by atoms with Gasteiger partial charge in [0.05, 0.1) is 6.20 Å². The van der Waals surface area contributed by atoms with Crippen molar-refractivity contribution in [1.82, 2.24) is 9.78 Å². The van der Waals surface area contributed by atoms with Crippen molar-refractivity contribution >= 4 is 0 Å². The Morgan fingerprint density at radius 1 is 1.21 bits per heavy atom. The predicted molar refractivity (Wildman–Crippen MR) is 56.5 cm³/mol. The second-order valence-electron chi connectivity index (χ2n) is 3.00. The highest BCUT2D eigenvalue weighted by Gasteiger charge is 1.99. The molecule has 2 aromatic rings. The summed E-state index contributed by atoms with van der Waals surface area (Å²) in [5.41, 5.74) is 2.26. The van der Waals surface area contributed by atoms with Crippen LogP contribution in [0.5, 0.6) is 0 Å². The van der Waals surface area contributed by atoms with Crippen LogP contribution in [-0.4, -0.2) is 9.78 Å². The van der Waals surface area contributed by atoms with E-state index in [9.17, 15) is 0 Å². The van der Waals surface area contributed by atoms with E-state index in [0.29, 0.717) is 6.54 Å². The van der Waals surface area contributed by atoms with Crippen LogP contribution in [0.15, 0.2) is 42.7 Å². The molecule has 0 aliphatic heterocycles. The van der Waals surface area contributed by atoms with E-state index in [1.54, 1.807) is 4.68 Å². The number of benzene rings is 1. The first-order valence-electron chi connectivity index (χ1n) is 4.41. The van der Waals surface area contributed by atoms with Gasteiger partial charge in [0.1, 0.15) is 6.54 Å². The average Bonchev–Trinajstić information content (AvgIpc) is 2.68.